The van der Waals surface area contributed by atoms with Crippen LogP contribution in [0.3, 0.4) is 0 Å². The van der Waals surface area contributed by atoms with Gasteiger partial charge in [-0.2, -0.15) is 0 Å². The number of halogens is 2. The van der Waals surface area contributed by atoms with Crippen LogP contribution < -0.4 is 5.48 Å². The molecule has 2 fully saturated rings. The van der Waals surface area contributed by atoms with E-state index in [2.05, 4.69) is 5.48 Å². The van der Waals surface area contributed by atoms with Gasteiger partial charge in [-0.25, -0.2) is 10.3 Å². The average Bonchev–Trinajstić information content (AvgIpc) is 3.09. The Hall–Kier alpha value is -1.34. The summed E-state index contributed by atoms with van der Waals surface area (Å²) in [6.07, 6.45) is 3.66. The van der Waals surface area contributed by atoms with Gasteiger partial charge in [-0.3, -0.25) is 9.59 Å². The zero-order chi connectivity index (χ0) is 17.8. The van der Waals surface area contributed by atoms with Crippen molar-refractivity contribution in [2.24, 2.45) is 0 Å². The summed E-state index contributed by atoms with van der Waals surface area (Å²) in [7, 11) is 0. The molecule has 136 valence electrons. The lowest BCUT2D eigenvalue weighted by molar-refractivity contribution is -0.201. The third kappa shape index (κ3) is 4.64. The molecule has 6 nitrogen and oxygen atoms in total. The average molecular weight is 387 g/mol. The van der Waals surface area contributed by atoms with Crippen molar-refractivity contribution < 1.29 is 19.2 Å². The van der Waals surface area contributed by atoms with Crippen molar-refractivity contribution in [3.05, 3.63) is 33.8 Å². The number of nitrogens with one attached hydrogen (secondary N) is 1. The predicted molar refractivity (Wildman–Crippen MR) is 93.3 cm³/mol. The summed E-state index contributed by atoms with van der Waals surface area (Å²) in [5.74, 6) is -0.607. The Kier molecular flexibility index (Phi) is 6.17. The SMILES string of the molecule is O=C(NO[C@@H]1CCCCO1)[C@H]1CCCN1C(=O)c1cc(Cl)cc(Cl)c1. The second kappa shape index (κ2) is 8.36. The van der Waals surface area contributed by atoms with Gasteiger partial charge < -0.3 is 9.64 Å². The molecule has 2 aliphatic heterocycles. The maximum absolute atomic E-state index is 12.7. The molecule has 0 bridgehead atoms. The summed E-state index contributed by atoms with van der Waals surface area (Å²) in [5.41, 5.74) is 2.81. The minimum Gasteiger partial charge on any atom is -0.350 e. The first-order valence-electron chi connectivity index (χ1n) is 8.39. The second-order valence-corrected chi connectivity index (χ2v) is 7.07. The fourth-order valence-corrected chi connectivity index (χ4v) is 3.65. The number of rotatable bonds is 4. The Bertz CT molecular complexity index is 629. The minimum atomic E-state index is -0.575. The molecule has 2 amide bonds. The summed E-state index contributed by atoms with van der Waals surface area (Å²) < 4.78 is 5.41. The van der Waals surface area contributed by atoms with Crippen molar-refractivity contribution in [3.8, 4) is 0 Å². The predicted octanol–water partition coefficient (Wildman–Crippen LogP) is 3.17. The fraction of sp³-hybridized carbons (Fsp3) is 0.529. The van der Waals surface area contributed by atoms with Crippen LogP contribution in [0.25, 0.3) is 0 Å². The fourth-order valence-electron chi connectivity index (χ4n) is 3.12. The quantitative estimate of drug-likeness (QED) is 0.806. The van der Waals surface area contributed by atoms with E-state index in [0.717, 1.165) is 25.7 Å². The van der Waals surface area contributed by atoms with Crippen molar-refractivity contribution in [2.45, 2.75) is 44.4 Å². The van der Waals surface area contributed by atoms with Crippen LogP contribution in [0, 0.1) is 0 Å². The molecule has 0 saturated carbocycles. The molecule has 8 heteroatoms. The van der Waals surface area contributed by atoms with Gasteiger partial charge >= 0.3 is 0 Å². The Morgan fingerprint density at radius 2 is 1.88 bits per heavy atom. The van der Waals surface area contributed by atoms with Gasteiger partial charge in [0.25, 0.3) is 11.8 Å². The Balaban J connectivity index is 1.62. The molecule has 2 heterocycles. The molecule has 0 spiro atoms. The molecular weight excluding hydrogens is 367 g/mol. The van der Waals surface area contributed by atoms with E-state index in [1.54, 1.807) is 18.2 Å². The van der Waals surface area contributed by atoms with E-state index >= 15 is 0 Å². The highest BCUT2D eigenvalue weighted by Crippen LogP contribution is 2.24. The van der Waals surface area contributed by atoms with Gasteiger partial charge in [0, 0.05) is 35.2 Å². The molecule has 2 aliphatic rings. The van der Waals surface area contributed by atoms with Gasteiger partial charge in [-0.05, 0) is 43.9 Å². The van der Waals surface area contributed by atoms with Crippen molar-refractivity contribution in [3.63, 3.8) is 0 Å². The summed E-state index contributed by atoms with van der Waals surface area (Å²) in [5, 5.41) is 0.766. The number of hydrogen-bond acceptors (Lipinski definition) is 4. The largest absolute Gasteiger partial charge is 0.350 e. The number of hydrogen-bond donors (Lipinski definition) is 1. The second-order valence-electron chi connectivity index (χ2n) is 6.19. The maximum Gasteiger partial charge on any atom is 0.266 e. The van der Waals surface area contributed by atoms with Crippen LogP contribution in [-0.2, 0) is 14.4 Å². The van der Waals surface area contributed by atoms with Crippen LogP contribution in [0.1, 0.15) is 42.5 Å². The first-order chi connectivity index (χ1) is 12.0. The van der Waals surface area contributed by atoms with Gasteiger partial charge in [-0.15, -0.1) is 0 Å². The Morgan fingerprint density at radius 3 is 2.56 bits per heavy atom. The summed E-state index contributed by atoms with van der Waals surface area (Å²) >= 11 is 11.9. The highest BCUT2D eigenvalue weighted by Gasteiger charge is 2.35. The molecule has 3 rings (SSSR count). The smallest absolute Gasteiger partial charge is 0.266 e. The summed E-state index contributed by atoms with van der Waals surface area (Å²) in [6.45, 7) is 1.13. The van der Waals surface area contributed by atoms with E-state index in [4.69, 9.17) is 32.8 Å². The molecule has 0 aliphatic carbocycles. The molecule has 0 radical (unpaired) electrons. The van der Waals surface area contributed by atoms with Crippen molar-refractivity contribution >= 4 is 35.0 Å². The van der Waals surface area contributed by atoms with Gasteiger partial charge in [0.1, 0.15) is 6.04 Å². The molecule has 1 aromatic rings. The van der Waals surface area contributed by atoms with E-state index < -0.39 is 12.3 Å². The van der Waals surface area contributed by atoms with Crippen LogP contribution in [-0.4, -0.2) is 42.2 Å². The van der Waals surface area contributed by atoms with Crippen molar-refractivity contribution in [1.82, 2.24) is 10.4 Å². The lowest BCUT2D eigenvalue weighted by Gasteiger charge is -2.26. The van der Waals surface area contributed by atoms with E-state index in [1.807, 2.05) is 0 Å². The maximum atomic E-state index is 12.7. The van der Waals surface area contributed by atoms with Crippen LogP contribution >= 0.6 is 23.2 Å². The monoisotopic (exact) mass is 386 g/mol. The number of likely N-dealkylation sites (tertiary alicyclic amines) is 1. The number of ether oxygens (including phenoxy) is 1. The number of nitrogens with zero attached hydrogens (tertiary/aromatic N) is 1. The Morgan fingerprint density at radius 1 is 1.12 bits per heavy atom. The highest BCUT2D eigenvalue weighted by molar-refractivity contribution is 6.35. The standard InChI is InChI=1S/C17H20Cl2N2O4/c18-12-8-11(9-13(19)10-12)17(23)21-6-3-4-14(21)16(22)20-25-15-5-1-2-7-24-15/h8-10,14-15H,1-7H2,(H,20,22)/t14-,15-/m1/s1. The molecule has 1 aromatic carbocycles. The minimum absolute atomic E-state index is 0.268. The van der Waals surface area contributed by atoms with Gasteiger partial charge in [0.05, 0.1) is 0 Å². The number of hydroxylamine groups is 1. The zero-order valence-corrected chi connectivity index (χ0v) is 15.2. The third-order valence-electron chi connectivity index (χ3n) is 4.35. The first kappa shape index (κ1) is 18.5. The number of carbonyl (C=O) groups is 2. The van der Waals surface area contributed by atoms with Crippen molar-refractivity contribution in [2.75, 3.05) is 13.2 Å². The van der Waals surface area contributed by atoms with Gasteiger partial charge in [-0.1, -0.05) is 23.2 Å². The molecule has 2 saturated heterocycles. The number of carbonyl (C=O) groups excluding carboxylic acids is 2. The number of amides is 2. The summed E-state index contributed by atoms with van der Waals surface area (Å²) in [4.78, 5) is 32.0. The number of benzene rings is 1. The van der Waals surface area contributed by atoms with Crippen LogP contribution in [0.5, 0.6) is 0 Å². The molecule has 0 unspecified atom stereocenters. The van der Waals surface area contributed by atoms with Crippen LogP contribution in [0.15, 0.2) is 18.2 Å². The van der Waals surface area contributed by atoms with Crippen LogP contribution in [0.2, 0.25) is 10.0 Å². The molecule has 2 atom stereocenters. The highest BCUT2D eigenvalue weighted by atomic mass is 35.5. The first-order valence-corrected chi connectivity index (χ1v) is 9.14. The molecule has 0 aromatic heterocycles. The van der Waals surface area contributed by atoms with E-state index in [1.165, 1.54) is 4.90 Å². The zero-order valence-electron chi connectivity index (χ0n) is 13.7. The topological polar surface area (TPSA) is 67.9 Å². The Labute approximate surface area is 156 Å². The molecular formula is C17H20Cl2N2O4. The normalized spacial score (nSPS) is 23.5. The molecule has 1 N–H and O–H groups in total. The van der Waals surface area contributed by atoms with Crippen LogP contribution in [0.4, 0.5) is 0 Å². The lowest BCUT2D eigenvalue weighted by atomic mass is 10.1. The van der Waals surface area contributed by atoms with E-state index in [-0.39, 0.29) is 11.8 Å². The molecule has 25 heavy (non-hydrogen) atoms. The van der Waals surface area contributed by atoms with Crippen molar-refractivity contribution in [1.29, 1.82) is 0 Å². The van der Waals surface area contributed by atoms with E-state index in [0.29, 0.717) is 35.2 Å². The van der Waals surface area contributed by atoms with Gasteiger partial charge in [0.2, 0.25) is 0 Å². The summed E-state index contributed by atoms with van der Waals surface area (Å²) in [6, 6.07) is 4.09. The third-order valence-corrected chi connectivity index (χ3v) is 4.79. The lowest BCUT2D eigenvalue weighted by Crippen LogP contribution is -2.47. The van der Waals surface area contributed by atoms with Gasteiger partial charge in [0.15, 0.2) is 6.29 Å². The van der Waals surface area contributed by atoms with E-state index in [9.17, 15) is 9.59 Å².